The first-order valence-corrected chi connectivity index (χ1v) is 4.41. The lowest BCUT2D eigenvalue weighted by Crippen LogP contribution is -2.01. The molecule has 1 nitrogen and oxygen atoms in total. The molecule has 1 rings (SSSR count). The molecule has 1 aromatic carbocycles. The van der Waals surface area contributed by atoms with Crippen molar-refractivity contribution >= 4 is 21.6 Å². The van der Waals surface area contributed by atoms with Crippen LogP contribution in [0.3, 0.4) is 0 Å². The lowest BCUT2D eigenvalue weighted by Gasteiger charge is -2.04. The van der Waals surface area contributed by atoms with E-state index < -0.39 is 11.6 Å². The summed E-state index contributed by atoms with van der Waals surface area (Å²) in [5.41, 5.74) is 0.527. The van der Waals surface area contributed by atoms with Gasteiger partial charge in [-0.25, -0.2) is 8.78 Å². The van der Waals surface area contributed by atoms with E-state index in [0.717, 1.165) is 16.6 Å². The van der Waals surface area contributed by atoms with E-state index in [1.807, 2.05) is 0 Å². The van der Waals surface area contributed by atoms with Gasteiger partial charge in [0.2, 0.25) is 0 Å². The SMILES string of the molecule is C=C(Br)CNc1ccc(F)c(F)c1. The highest BCUT2D eigenvalue weighted by molar-refractivity contribution is 9.11. The minimum atomic E-state index is -0.856. The van der Waals surface area contributed by atoms with Gasteiger partial charge in [0, 0.05) is 22.8 Å². The maximum absolute atomic E-state index is 12.7. The Bertz CT molecular complexity index is 325. The monoisotopic (exact) mass is 247 g/mol. The summed E-state index contributed by atoms with van der Waals surface area (Å²) in [5.74, 6) is -1.70. The van der Waals surface area contributed by atoms with Crippen LogP contribution in [-0.4, -0.2) is 6.54 Å². The number of rotatable bonds is 3. The number of halogens is 3. The predicted octanol–water partition coefficient (Wildman–Crippen LogP) is 3.29. The van der Waals surface area contributed by atoms with E-state index in [0.29, 0.717) is 12.2 Å². The molecule has 0 aliphatic heterocycles. The third kappa shape index (κ3) is 3.14. The molecule has 0 radical (unpaired) electrons. The lowest BCUT2D eigenvalue weighted by molar-refractivity contribution is 0.509. The first-order valence-electron chi connectivity index (χ1n) is 3.62. The lowest BCUT2D eigenvalue weighted by atomic mass is 10.3. The van der Waals surface area contributed by atoms with Crippen LogP contribution in [0.4, 0.5) is 14.5 Å². The molecule has 0 heterocycles. The summed E-state index contributed by atoms with van der Waals surface area (Å²) in [6.45, 7) is 4.07. The molecule has 0 spiro atoms. The normalized spacial score (nSPS) is 9.77. The molecule has 0 saturated heterocycles. The molecule has 0 bridgehead atoms. The third-order valence-corrected chi connectivity index (χ3v) is 1.68. The predicted molar refractivity (Wildman–Crippen MR) is 52.9 cm³/mol. The maximum atomic E-state index is 12.7. The van der Waals surface area contributed by atoms with Crippen molar-refractivity contribution in [3.8, 4) is 0 Å². The van der Waals surface area contributed by atoms with Crippen molar-refractivity contribution in [1.29, 1.82) is 0 Å². The first kappa shape index (κ1) is 10.2. The minimum absolute atomic E-state index is 0.477. The average molecular weight is 248 g/mol. The van der Waals surface area contributed by atoms with E-state index in [4.69, 9.17) is 0 Å². The molecule has 0 saturated carbocycles. The van der Waals surface area contributed by atoms with Crippen molar-refractivity contribution < 1.29 is 8.78 Å². The molecule has 0 amide bonds. The number of benzene rings is 1. The Hall–Kier alpha value is -0.900. The third-order valence-electron chi connectivity index (χ3n) is 1.40. The van der Waals surface area contributed by atoms with Gasteiger partial charge in [-0.1, -0.05) is 22.5 Å². The number of nitrogens with one attached hydrogen (secondary N) is 1. The van der Waals surface area contributed by atoms with Crippen LogP contribution in [0.25, 0.3) is 0 Å². The fourth-order valence-electron chi connectivity index (χ4n) is 0.804. The first-order chi connectivity index (χ1) is 6.09. The molecular weight excluding hydrogens is 240 g/mol. The number of anilines is 1. The van der Waals surface area contributed by atoms with Crippen molar-refractivity contribution in [3.63, 3.8) is 0 Å². The Morgan fingerprint density at radius 2 is 2.08 bits per heavy atom. The molecule has 0 aliphatic rings. The van der Waals surface area contributed by atoms with Gasteiger partial charge in [-0.2, -0.15) is 0 Å². The quantitative estimate of drug-likeness (QED) is 0.865. The zero-order valence-corrected chi connectivity index (χ0v) is 8.37. The minimum Gasteiger partial charge on any atom is -0.380 e. The summed E-state index contributed by atoms with van der Waals surface area (Å²) in [7, 11) is 0. The second kappa shape index (κ2) is 4.37. The number of hydrogen-bond acceptors (Lipinski definition) is 1. The Morgan fingerprint density at radius 1 is 1.38 bits per heavy atom. The number of hydrogen-bond donors (Lipinski definition) is 1. The molecule has 0 aromatic heterocycles. The Kier molecular flexibility index (Phi) is 3.42. The highest BCUT2D eigenvalue weighted by atomic mass is 79.9. The molecule has 1 aromatic rings. The summed E-state index contributed by atoms with van der Waals surface area (Å²) in [6, 6.07) is 3.65. The summed E-state index contributed by atoms with van der Waals surface area (Å²) in [5, 5.41) is 2.86. The summed E-state index contributed by atoms with van der Waals surface area (Å²) in [4.78, 5) is 0. The van der Waals surface area contributed by atoms with Crippen molar-refractivity contribution in [1.82, 2.24) is 0 Å². The van der Waals surface area contributed by atoms with Gasteiger partial charge in [-0.05, 0) is 12.1 Å². The van der Waals surface area contributed by atoms with Gasteiger partial charge in [0.05, 0.1) is 0 Å². The van der Waals surface area contributed by atoms with Crippen molar-refractivity contribution in [3.05, 3.63) is 40.9 Å². The molecule has 0 aliphatic carbocycles. The van der Waals surface area contributed by atoms with E-state index in [1.165, 1.54) is 6.07 Å². The zero-order chi connectivity index (χ0) is 9.84. The fraction of sp³-hybridized carbons (Fsp3) is 0.111. The smallest absolute Gasteiger partial charge is 0.160 e. The van der Waals surface area contributed by atoms with Crippen molar-refractivity contribution in [2.45, 2.75) is 0 Å². The molecule has 13 heavy (non-hydrogen) atoms. The van der Waals surface area contributed by atoms with Crippen LogP contribution in [0, 0.1) is 11.6 Å². The van der Waals surface area contributed by atoms with Crippen LogP contribution in [0.1, 0.15) is 0 Å². The summed E-state index contributed by atoms with van der Waals surface area (Å²) in [6.07, 6.45) is 0. The van der Waals surface area contributed by atoms with Crippen LogP contribution >= 0.6 is 15.9 Å². The van der Waals surface area contributed by atoms with Gasteiger partial charge in [-0.15, -0.1) is 0 Å². The Morgan fingerprint density at radius 3 is 2.62 bits per heavy atom. The van der Waals surface area contributed by atoms with Crippen LogP contribution in [0.2, 0.25) is 0 Å². The summed E-state index contributed by atoms with van der Waals surface area (Å²) < 4.78 is 25.9. The molecule has 0 unspecified atom stereocenters. The Labute approximate surface area is 83.6 Å². The molecular formula is C9H8BrF2N. The van der Waals surface area contributed by atoms with E-state index in [-0.39, 0.29) is 0 Å². The summed E-state index contributed by atoms with van der Waals surface area (Å²) >= 11 is 3.14. The standard InChI is InChI=1S/C9H8BrF2N/c1-6(10)5-13-7-2-3-8(11)9(12)4-7/h2-4,13H,1,5H2. The van der Waals surface area contributed by atoms with Crippen molar-refractivity contribution in [2.75, 3.05) is 11.9 Å². The van der Waals surface area contributed by atoms with Crippen LogP contribution < -0.4 is 5.32 Å². The average Bonchev–Trinajstić information content (AvgIpc) is 2.07. The highest BCUT2D eigenvalue weighted by Gasteiger charge is 2.01. The topological polar surface area (TPSA) is 12.0 Å². The Balaban J connectivity index is 2.68. The second-order valence-corrected chi connectivity index (χ2v) is 3.62. The van der Waals surface area contributed by atoms with Gasteiger partial charge >= 0.3 is 0 Å². The fourth-order valence-corrected chi connectivity index (χ4v) is 0.944. The van der Waals surface area contributed by atoms with Gasteiger partial charge in [0.25, 0.3) is 0 Å². The van der Waals surface area contributed by atoms with Crippen LogP contribution in [-0.2, 0) is 0 Å². The van der Waals surface area contributed by atoms with E-state index in [1.54, 1.807) is 0 Å². The maximum Gasteiger partial charge on any atom is 0.160 e. The zero-order valence-electron chi connectivity index (χ0n) is 6.78. The highest BCUT2D eigenvalue weighted by Crippen LogP contribution is 2.13. The van der Waals surface area contributed by atoms with Gasteiger partial charge < -0.3 is 5.32 Å². The molecule has 0 atom stereocenters. The van der Waals surface area contributed by atoms with E-state index >= 15 is 0 Å². The van der Waals surface area contributed by atoms with E-state index in [9.17, 15) is 8.78 Å². The molecule has 0 fully saturated rings. The molecule has 4 heteroatoms. The van der Waals surface area contributed by atoms with Gasteiger partial charge in [0.15, 0.2) is 11.6 Å². The van der Waals surface area contributed by atoms with E-state index in [2.05, 4.69) is 27.8 Å². The second-order valence-electron chi connectivity index (χ2n) is 2.50. The van der Waals surface area contributed by atoms with Crippen LogP contribution in [0.15, 0.2) is 29.3 Å². The van der Waals surface area contributed by atoms with Crippen LogP contribution in [0.5, 0.6) is 0 Å². The molecule has 1 N–H and O–H groups in total. The largest absolute Gasteiger partial charge is 0.380 e. The van der Waals surface area contributed by atoms with Gasteiger partial charge in [-0.3, -0.25) is 0 Å². The van der Waals surface area contributed by atoms with Crippen molar-refractivity contribution in [2.24, 2.45) is 0 Å². The van der Waals surface area contributed by atoms with Gasteiger partial charge in [0.1, 0.15) is 0 Å². The molecule has 70 valence electrons.